The fraction of sp³-hybridized carbons (Fsp3) is 0.308. The van der Waals surface area contributed by atoms with Gasteiger partial charge in [-0.05, 0) is 25.8 Å². The molecule has 2 rings (SSSR count). The number of halogens is 2. The molecule has 0 aliphatic rings. The Bertz CT molecular complexity index is 521. The van der Waals surface area contributed by atoms with Gasteiger partial charge in [-0.15, -0.1) is 36.2 Å². The first kappa shape index (κ1) is 18.2. The number of hydrogen-bond acceptors (Lipinski definition) is 4. The van der Waals surface area contributed by atoms with Crippen molar-refractivity contribution in [2.45, 2.75) is 25.8 Å². The summed E-state index contributed by atoms with van der Waals surface area (Å²) in [6, 6.07) is 8.20. The Balaban J connectivity index is 0.00000162. The Labute approximate surface area is 130 Å². The fourth-order valence-electron chi connectivity index (χ4n) is 1.83. The molecule has 0 radical (unpaired) electrons. The van der Waals surface area contributed by atoms with Crippen LogP contribution >= 0.6 is 36.2 Å². The smallest absolute Gasteiger partial charge is 0.180 e. The Morgan fingerprint density at radius 3 is 2.37 bits per heavy atom. The summed E-state index contributed by atoms with van der Waals surface area (Å²) in [7, 11) is 0. The van der Waals surface area contributed by atoms with E-state index in [9.17, 15) is 0 Å². The Morgan fingerprint density at radius 2 is 1.84 bits per heavy atom. The summed E-state index contributed by atoms with van der Waals surface area (Å²) >= 11 is 1.46. The van der Waals surface area contributed by atoms with Crippen molar-refractivity contribution in [2.75, 3.05) is 5.73 Å². The van der Waals surface area contributed by atoms with Gasteiger partial charge in [-0.2, -0.15) is 0 Å². The average molecular weight is 320 g/mol. The third kappa shape index (κ3) is 4.99. The lowest BCUT2D eigenvalue weighted by Gasteiger charge is -2.20. The zero-order valence-corrected chi connectivity index (χ0v) is 13.4. The van der Waals surface area contributed by atoms with Crippen LogP contribution in [0.3, 0.4) is 0 Å². The van der Waals surface area contributed by atoms with Crippen molar-refractivity contribution >= 4 is 41.3 Å². The molecule has 3 nitrogen and oxygen atoms in total. The topological polar surface area (TPSA) is 64.9 Å². The first-order valence-corrected chi connectivity index (χ1v) is 6.42. The molecule has 0 aliphatic heterocycles. The van der Waals surface area contributed by atoms with Crippen LogP contribution in [0.5, 0.6) is 0 Å². The zero-order valence-electron chi connectivity index (χ0n) is 10.9. The SMILES string of the molecule is CC(C)(N)Cc1ccccc1-c1csc(N)n1.Cl.Cl. The summed E-state index contributed by atoms with van der Waals surface area (Å²) in [6.07, 6.45) is 0.820. The molecular formula is C13H19Cl2N3S. The molecule has 0 spiro atoms. The lowest BCUT2D eigenvalue weighted by atomic mass is 9.92. The Morgan fingerprint density at radius 1 is 1.21 bits per heavy atom. The van der Waals surface area contributed by atoms with Gasteiger partial charge in [-0.25, -0.2) is 4.98 Å². The van der Waals surface area contributed by atoms with E-state index >= 15 is 0 Å². The normalized spacial score (nSPS) is 10.5. The van der Waals surface area contributed by atoms with Crippen LogP contribution in [0.25, 0.3) is 11.3 Å². The second kappa shape index (κ2) is 7.10. The number of rotatable bonds is 3. The molecule has 6 heteroatoms. The molecule has 0 fully saturated rings. The highest BCUT2D eigenvalue weighted by Crippen LogP contribution is 2.28. The maximum atomic E-state index is 6.08. The molecule has 0 atom stereocenters. The van der Waals surface area contributed by atoms with Gasteiger partial charge in [0.25, 0.3) is 0 Å². The molecule has 2 aromatic rings. The quantitative estimate of drug-likeness (QED) is 0.909. The molecule has 0 aliphatic carbocycles. The summed E-state index contributed by atoms with van der Waals surface area (Å²) in [5.74, 6) is 0. The van der Waals surface area contributed by atoms with E-state index in [2.05, 4.69) is 17.1 Å². The summed E-state index contributed by atoms with van der Waals surface area (Å²) in [6.45, 7) is 4.05. The van der Waals surface area contributed by atoms with E-state index in [-0.39, 0.29) is 30.4 Å². The third-order valence-corrected chi connectivity index (χ3v) is 3.14. The maximum Gasteiger partial charge on any atom is 0.180 e. The van der Waals surface area contributed by atoms with Crippen molar-refractivity contribution in [2.24, 2.45) is 5.73 Å². The number of nitrogens with zero attached hydrogens (tertiary/aromatic N) is 1. The van der Waals surface area contributed by atoms with E-state index < -0.39 is 0 Å². The van der Waals surface area contributed by atoms with Crippen molar-refractivity contribution in [3.63, 3.8) is 0 Å². The molecule has 0 unspecified atom stereocenters. The number of aromatic nitrogens is 1. The average Bonchev–Trinajstić information content (AvgIpc) is 2.63. The highest BCUT2D eigenvalue weighted by Gasteiger charge is 2.15. The van der Waals surface area contributed by atoms with E-state index in [1.165, 1.54) is 16.9 Å². The first-order chi connectivity index (χ1) is 7.96. The molecule has 0 saturated heterocycles. The van der Waals surface area contributed by atoms with Crippen LogP contribution < -0.4 is 11.5 Å². The van der Waals surface area contributed by atoms with Crippen LogP contribution in [0.1, 0.15) is 19.4 Å². The van der Waals surface area contributed by atoms with Crippen molar-refractivity contribution in [3.05, 3.63) is 35.2 Å². The minimum atomic E-state index is -0.225. The number of hydrogen-bond donors (Lipinski definition) is 2. The summed E-state index contributed by atoms with van der Waals surface area (Å²) < 4.78 is 0. The monoisotopic (exact) mass is 319 g/mol. The van der Waals surface area contributed by atoms with E-state index in [4.69, 9.17) is 11.5 Å². The summed E-state index contributed by atoms with van der Waals surface area (Å²) in [5, 5.41) is 2.58. The van der Waals surface area contributed by atoms with Gasteiger partial charge in [0.15, 0.2) is 5.13 Å². The van der Waals surface area contributed by atoms with Crippen LogP contribution in [-0.4, -0.2) is 10.5 Å². The second-order valence-corrected chi connectivity index (χ2v) is 5.78. The number of thiazole rings is 1. The van der Waals surface area contributed by atoms with Gasteiger partial charge in [-0.3, -0.25) is 0 Å². The summed E-state index contributed by atoms with van der Waals surface area (Å²) in [5.41, 5.74) is 14.8. The molecule has 1 aromatic heterocycles. The molecule has 0 saturated carbocycles. The van der Waals surface area contributed by atoms with E-state index in [0.29, 0.717) is 5.13 Å². The molecule has 0 amide bonds. The van der Waals surface area contributed by atoms with E-state index in [1.54, 1.807) is 0 Å². The third-order valence-electron chi connectivity index (χ3n) is 2.46. The number of anilines is 1. The highest BCUT2D eigenvalue weighted by molar-refractivity contribution is 7.13. The van der Waals surface area contributed by atoms with Gasteiger partial charge in [0.05, 0.1) is 5.69 Å². The lowest BCUT2D eigenvalue weighted by molar-refractivity contribution is 0.517. The Hall–Kier alpha value is -0.810. The van der Waals surface area contributed by atoms with Gasteiger partial charge in [0.1, 0.15) is 0 Å². The van der Waals surface area contributed by atoms with Crippen LogP contribution in [-0.2, 0) is 6.42 Å². The van der Waals surface area contributed by atoms with Crippen LogP contribution in [0.4, 0.5) is 5.13 Å². The van der Waals surface area contributed by atoms with Gasteiger partial charge < -0.3 is 11.5 Å². The molecular weight excluding hydrogens is 301 g/mol. The second-order valence-electron chi connectivity index (χ2n) is 4.89. The minimum absolute atomic E-state index is 0. The maximum absolute atomic E-state index is 6.08. The van der Waals surface area contributed by atoms with E-state index in [0.717, 1.165) is 17.7 Å². The predicted octanol–water partition coefficient (Wildman–Crippen LogP) is 3.52. The molecule has 1 heterocycles. The minimum Gasteiger partial charge on any atom is -0.375 e. The highest BCUT2D eigenvalue weighted by atomic mass is 35.5. The zero-order chi connectivity index (χ0) is 12.5. The molecule has 1 aromatic carbocycles. The number of benzene rings is 1. The first-order valence-electron chi connectivity index (χ1n) is 5.54. The van der Waals surface area contributed by atoms with Crippen molar-refractivity contribution in [1.29, 1.82) is 0 Å². The van der Waals surface area contributed by atoms with Gasteiger partial charge in [-0.1, -0.05) is 24.3 Å². The van der Waals surface area contributed by atoms with Crippen LogP contribution in [0.2, 0.25) is 0 Å². The largest absolute Gasteiger partial charge is 0.375 e. The lowest BCUT2D eigenvalue weighted by Crippen LogP contribution is -2.34. The van der Waals surface area contributed by atoms with Crippen LogP contribution in [0.15, 0.2) is 29.6 Å². The van der Waals surface area contributed by atoms with Gasteiger partial charge >= 0.3 is 0 Å². The van der Waals surface area contributed by atoms with Crippen LogP contribution in [0, 0.1) is 0 Å². The summed E-state index contributed by atoms with van der Waals surface area (Å²) in [4.78, 5) is 4.33. The van der Waals surface area contributed by atoms with Gasteiger partial charge in [0, 0.05) is 16.5 Å². The van der Waals surface area contributed by atoms with Gasteiger partial charge in [0.2, 0.25) is 0 Å². The number of nitrogen functional groups attached to an aromatic ring is 1. The van der Waals surface area contributed by atoms with Crippen molar-refractivity contribution in [3.8, 4) is 11.3 Å². The standard InChI is InChI=1S/C13H17N3S.2ClH/c1-13(2,15)7-9-5-3-4-6-10(9)11-8-17-12(14)16-11;;/h3-6,8H,7,15H2,1-2H3,(H2,14,16);2*1H. The number of nitrogens with two attached hydrogens (primary N) is 2. The molecule has 19 heavy (non-hydrogen) atoms. The van der Waals surface area contributed by atoms with Crippen molar-refractivity contribution in [1.82, 2.24) is 4.98 Å². The fourth-order valence-corrected chi connectivity index (χ4v) is 2.39. The molecule has 106 valence electrons. The van der Waals surface area contributed by atoms with Crippen molar-refractivity contribution < 1.29 is 0 Å². The molecule has 4 N–H and O–H groups in total. The Kier molecular flexibility index (Phi) is 6.80. The molecule has 0 bridgehead atoms. The van der Waals surface area contributed by atoms with E-state index in [1.807, 2.05) is 31.4 Å². The predicted molar refractivity (Wildman–Crippen MR) is 88.4 cm³/mol.